The third kappa shape index (κ3) is 2.51. The van der Waals surface area contributed by atoms with Gasteiger partial charge in [0.1, 0.15) is 11.5 Å². The van der Waals surface area contributed by atoms with Crippen LogP contribution in [0.25, 0.3) is 6.08 Å². The molecule has 2 heterocycles. The minimum atomic E-state index is -0.293. The summed E-state index contributed by atoms with van der Waals surface area (Å²) < 4.78 is 14.1. The Morgan fingerprint density at radius 3 is 2.60 bits per heavy atom. The average Bonchev–Trinajstić information content (AvgIpc) is 3.00. The number of anilines is 1. The lowest BCUT2D eigenvalue weighted by Gasteiger charge is -2.18. The van der Waals surface area contributed by atoms with Gasteiger partial charge < -0.3 is 10.2 Å². The molecule has 0 saturated carbocycles. The van der Waals surface area contributed by atoms with Gasteiger partial charge in [0.15, 0.2) is 5.11 Å². The Morgan fingerprint density at radius 1 is 1.25 bits per heavy atom. The molecule has 0 bridgehead atoms. The van der Waals surface area contributed by atoms with Crippen molar-refractivity contribution in [2.75, 3.05) is 18.0 Å². The van der Waals surface area contributed by atoms with Crippen LogP contribution in [0.15, 0.2) is 23.9 Å². The smallest absolute Gasteiger partial charge is 0.273 e. The predicted octanol–water partition coefficient (Wildman–Crippen LogP) is 1.77. The Labute approximate surface area is 121 Å². The molecule has 2 fully saturated rings. The van der Waals surface area contributed by atoms with Crippen molar-refractivity contribution in [2.45, 2.75) is 12.8 Å². The molecule has 20 heavy (non-hydrogen) atoms. The average molecular weight is 291 g/mol. The fraction of sp³-hybridized carbons (Fsp3) is 0.286. The van der Waals surface area contributed by atoms with Gasteiger partial charge in [-0.1, -0.05) is 6.07 Å². The van der Waals surface area contributed by atoms with Gasteiger partial charge in [-0.15, -0.1) is 0 Å². The summed E-state index contributed by atoms with van der Waals surface area (Å²) >= 11 is 4.84. The number of thiocarbonyl (C=S) groups is 1. The lowest BCUT2D eigenvalue weighted by molar-refractivity contribution is -0.115. The van der Waals surface area contributed by atoms with Crippen LogP contribution < -0.4 is 15.5 Å². The van der Waals surface area contributed by atoms with Gasteiger partial charge in [0.2, 0.25) is 0 Å². The van der Waals surface area contributed by atoms with Gasteiger partial charge in [0.05, 0.1) is 5.69 Å². The summed E-state index contributed by atoms with van der Waals surface area (Å²) in [6.45, 7) is 1.80. The number of hydrogen-bond donors (Lipinski definition) is 2. The molecular formula is C14H14FN3OS. The standard InChI is InChI=1S/C14H14FN3OS/c15-10-7-9(8-11-13(19)17-14(20)16-11)3-4-12(10)18-5-1-2-6-18/h3-4,7-8H,1-2,5-6H2,(H2,16,17,19,20). The summed E-state index contributed by atoms with van der Waals surface area (Å²) in [6, 6.07) is 5.01. The summed E-state index contributed by atoms with van der Waals surface area (Å²) in [5.41, 5.74) is 1.60. The molecule has 0 radical (unpaired) electrons. The Kier molecular flexibility index (Phi) is 3.40. The van der Waals surface area contributed by atoms with Crippen molar-refractivity contribution in [2.24, 2.45) is 0 Å². The van der Waals surface area contributed by atoms with Crippen LogP contribution >= 0.6 is 12.2 Å². The summed E-state index contributed by atoms with van der Waals surface area (Å²) in [7, 11) is 0. The third-order valence-electron chi connectivity index (χ3n) is 3.45. The summed E-state index contributed by atoms with van der Waals surface area (Å²) in [5.74, 6) is -0.554. The third-order valence-corrected chi connectivity index (χ3v) is 3.65. The summed E-state index contributed by atoms with van der Waals surface area (Å²) in [6.07, 6.45) is 3.80. The van der Waals surface area contributed by atoms with E-state index in [-0.39, 0.29) is 16.8 Å². The van der Waals surface area contributed by atoms with Crippen molar-refractivity contribution in [3.63, 3.8) is 0 Å². The largest absolute Gasteiger partial charge is 0.369 e. The van der Waals surface area contributed by atoms with Gasteiger partial charge in [0.25, 0.3) is 5.91 Å². The zero-order valence-corrected chi connectivity index (χ0v) is 11.6. The lowest BCUT2D eigenvalue weighted by Crippen LogP contribution is -2.21. The van der Waals surface area contributed by atoms with Crippen LogP contribution in [0.4, 0.5) is 10.1 Å². The molecule has 4 nitrogen and oxygen atoms in total. The van der Waals surface area contributed by atoms with Crippen LogP contribution in [-0.4, -0.2) is 24.1 Å². The number of amides is 1. The first kappa shape index (κ1) is 13.1. The quantitative estimate of drug-likeness (QED) is 0.644. The van der Waals surface area contributed by atoms with Crippen molar-refractivity contribution >= 4 is 35.0 Å². The van der Waals surface area contributed by atoms with E-state index in [0.717, 1.165) is 25.9 Å². The van der Waals surface area contributed by atoms with Crippen LogP contribution in [0.1, 0.15) is 18.4 Å². The topological polar surface area (TPSA) is 44.4 Å². The molecular weight excluding hydrogens is 277 g/mol. The normalized spacial score (nSPS) is 20.4. The van der Waals surface area contributed by atoms with E-state index in [1.54, 1.807) is 18.2 Å². The zero-order chi connectivity index (χ0) is 14.1. The minimum absolute atomic E-state index is 0.262. The van der Waals surface area contributed by atoms with Crippen LogP contribution in [0.5, 0.6) is 0 Å². The van der Waals surface area contributed by atoms with Crippen molar-refractivity contribution in [1.82, 2.24) is 10.6 Å². The maximum Gasteiger partial charge on any atom is 0.273 e. The number of halogens is 1. The first-order valence-corrected chi connectivity index (χ1v) is 6.93. The van der Waals surface area contributed by atoms with E-state index in [1.165, 1.54) is 6.07 Å². The molecule has 0 spiro atoms. The van der Waals surface area contributed by atoms with Gasteiger partial charge in [-0.25, -0.2) is 4.39 Å². The van der Waals surface area contributed by atoms with E-state index in [9.17, 15) is 9.18 Å². The molecule has 3 rings (SSSR count). The molecule has 0 aliphatic carbocycles. The van der Waals surface area contributed by atoms with Crippen LogP contribution in [0.2, 0.25) is 0 Å². The van der Waals surface area contributed by atoms with E-state index in [2.05, 4.69) is 10.6 Å². The number of carbonyl (C=O) groups is 1. The van der Waals surface area contributed by atoms with Gasteiger partial charge in [-0.2, -0.15) is 0 Å². The maximum absolute atomic E-state index is 14.1. The van der Waals surface area contributed by atoms with Gasteiger partial charge in [0, 0.05) is 13.1 Å². The first-order chi connectivity index (χ1) is 9.63. The first-order valence-electron chi connectivity index (χ1n) is 6.52. The molecule has 6 heteroatoms. The van der Waals surface area contributed by atoms with E-state index in [4.69, 9.17) is 12.2 Å². The Bertz CT molecular complexity index is 608. The molecule has 1 aromatic rings. The minimum Gasteiger partial charge on any atom is -0.369 e. The zero-order valence-electron chi connectivity index (χ0n) is 10.8. The fourth-order valence-electron chi connectivity index (χ4n) is 2.48. The highest BCUT2D eigenvalue weighted by Crippen LogP contribution is 2.25. The highest BCUT2D eigenvalue weighted by molar-refractivity contribution is 7.80. The van der Waals surface area contributed by atoms with Crippen molar-refractivity contribution in [3.8, 4) is 0 Å². The Balaban J connectivity index is 1.85. The van der Waals surface area contributed by atoms with E-state index < -0.39 is 0 Å². The molecule has 2 N–H and O–H groups in total. The molecule has 2 aliphatic heterocycles. The number of hydrogen-bond acceptors (Lipinski definition) is 3. The van der Waals surface area contributed by atoms with Crippen molar-refractivity contribution < 1.29 is 9.18 Å². The monoisotopic (exact) mass is 291 g/mol. The van der Waals surface area contributed by atoms with Crippen molar-refractivity contribution in [3.05, 3.63) is 35.3 Å². The SMILES string of the molecule is O=C1NC(=S)NC1=Cc1ccc(N2CCCC2)c(F)c1. The summed E-state index contributed by atoms with van der Waals surface area (Å²) in [4.78, 5) is 13.6. The van der Waals surface area contributed by atoms with Gasteiger partial charge in [-0.05, 0) is 48.8 Å². The molecule has 1 aromatic carbocycles. The number of nitrogens with one attached hydrogen (secondary N) is 2. The van der Waals surface area contributed by atoms with Crippen molar-refractivity contribution in [1.29, 1.82) is 0 Å². The second kappa shape index (κ2) is 5.20. The molecule has 0 atom stereocenters. The molecule has 104 valence electrons. The van der Waals surface area contributed by atoms with Crippen LogP contribution in [-0.2, 0) is 4.79 Å². The van der Waals surface area contributed by atoms with E-state index in [1.807, 2.05) is 4.90 Å². The highest BCUT2D eigenvalue weighted by atomic mass is 32.1. The van der Waals surface area contributed by atoms with E-state index in [0.29, 0.717) is 16.9 Å². The second-order valence-corrected chi connectivity index (χ2v) is 5.28. The van der Waals surface area contributed by atoms with Crippen LogP contribution in [0, 0.1) is 5.82 Å². The molecule has 2 saturated heterocycles. The molecule has 2 aliphatic rings. The highest BCUT2D eigenvalue weighted by Gasteiger charge is 2.20. The Hall–Kier alpha value is -1.95. The maximum atomic E-state index is 14.1. The predicted molar refractivity (Wildman–Crippen MR) is 79.7 cm³/mol. The number of benzene rings is 1. The lowest BCUT2D eigenvalue weighted by atomic mass is 10.1. The molecule has 1 amide bonds. The van der Waals surface area contributed by atoms with Gasteiger partial charge in [-0.3, -0.25) is 10.1 Å². The molecule has 0 unspecified atom stereocenters. The van der Waals surface area contributed by atoms with E-state index >= 15 is 0 Å². The Morgan fingerprint density at radius 2 is 2.00 bits per heavy atom. The number of rotatable bonds is 2. The summed E-state index contributed by atoms with van der Waals surface area (Å²) in [5, 5.41) is 5.48. The van der Waals surface area contributed by atoms with Gasteiger partial charge >= 0.3 is 0 Å². The second-order valence-electron chi connectivity index (χ2n) is 4.87. The fourth-order valence-corrected chi connectivity index (χ4v) is 2.68. The molecule has 0 aromatic heterocycles. The number of nitrogens with zero attached hydrogens (tertiary/aromatic N) is 1. The van der Waals surface area contributed by atoms with Crippen LogP contribution in [0.3, 0.4) is 0 Å². The number of carbonyl (C=O) groups excluding carboxylic acids is 1.